The fourth-order valence-corrected chi connectivity index (χ4v) is 12.4. The van der Waals surface area contributed by atoms with Crippen molar-refractivity contribution in [1.82, 2.24) is 5.32 Å². The number of guanidine groups is 1. The van der Waals surface area contributed by atoms with Crippen LogP contribution in [0, 0.1) is 5.92 Å². The first-order valence-corrected chi connectivity index (χ1v) is 23.6. The van der Waals surface area contributed by atoms with Crippen molar-refractivity contribution in [3.63, 3.8) is 0 Å². The van der Waals surface area contributed by atoms with Crippen molar-refractivity contribution in [2.45, 2.75) is 47.4 Å². The quantitative estimate of drug-likeness (QED) is 0.168. The van der Waals surface area contributed by atoms with Crippen molar-refractivity contribution in [3.8, 4) is 22.3 Å². The van der Waals surface area contributed by atoms with Gasteiger partial charge >= 0.3 is 0 Å². The lowest BCUT2D eigenvalue weighted by Crippen LogP contribution is -2.35. The highest BCUT2D eigenvalue weighted by molar-refractivity contribution is 8.01. The maximum absolute atomic E-state index is 5.29. The maximum atomic E-state index is 5.29. The van der Waals surface area contributed by atoms with Gasteiger partial charge in [0.25, 0.3) is 0 Å². The van der Waals surface area contributed by atoms with E-state index in [9.17, 15) is 0 Å². The van der Waals surface area contributed by atoms with Crippen molar-refractivity contribution in [2.75, 3.05) is 5.32 Å². The number of benzene rings is 7. The molecule has 5 unspecified atom stereocenters. The number of anilines is 1. The Hall–Kier alpha value is -7.21. The van der Waals surface area contributed by atoms with Crippen molar-refractivity contribution in [2.24, 2.45) is 15.9 Å². The van der Waals surface area contributed by atoms with Crippen LogP contribution in [-0.2, 0) is 5.41 Å². The largest absolute Gasteiger partial charge is 0.344 e. The van der Waals surface area contributed by atoms with Crippen LogP contribution in [0.1, 0.15) is 71.3 Å². The van der Waals surface area contributed by atoms with E-state index >= 15 is 0 Å². The number of nitrogens with zero attached hydrogens (tertiary/aromatic N) is 2. The van der Waals surface area contributed by atoms with Crippen LogP contribution < -0.4 is 10.6 Å². The third-order valence-electron chi connectivity index (χ3n) is 14.0. The van der Waals surface area contributed by atoms with Gasteiger partial charge < -0.3 is 10.6 Å². The highest BCUT2D eigenvalue weighted by atomic mass is 32.2. The Kier molecular flexibility index (Phi) is 9.57. The molecule has 2 heterocycles. The van der Waals surface area contributed by atoms with Gasteiger partial charge in [-0.25, -0.2) is 4.99 Å². The summed E-state index contributed by atoms with van der Waals surface area (Å²) in [4.78, 5) is 11.9. The average molecular weight is 857 g/mol. The molecule has 0 saturated heterocycles. The molecule has 0 fully saturated rings. The maximum Gasteiger partial charge on any atom is 0.226 e. The van der Waals surface area contributed by atoms with Gasteiger partial charge in [0.2, 0.25) is 5.96 Å². The Labute approximate surface area is 386 Å². The van der Waals surface area contributed by atoms with E-state index in [1.165, 1.54) is 55.0 Å². The molecule has 0 amide bonds. The van der Waals surface area contributed by atoms with Gasteiger partial charge in [-0.15, -0.1) is 11.8 Å². The number of hydrogen-bond acceptors (Lipinski definition) is 5. The first-order chi connectivity index (χ1) is 32.0. The van der Waals surface area contributed by atoms with E-state index in [0.29, 0.717) is 17.8 Å². The number of allylic oxidation sites excluding steroid dienone is 7. The van der Waals surface area contributed by atoms with Crippen LogP contribution in [0.5, 0.6) is 0 Å². The predicted molar refractivity (Wildman–Crippen MR) is 272 cm³/mol. The van der Waals surface area contributed by atoms with E-state index in [2.05, 4.69) is 225 Å². The molecule has 4 nitrogen and oxygen atoms in total. The van der Waals surface area contributed by atoms with E-state index in [1.807, 2.05) is 23.9 Å². The van der Waals surface area contributed by atoms with E-state index in [1.54, 1.807) is 0 Å². The zero-order valence-electron chi connectivity index (χ0n) is 36.4. The topological polar surface area (TPSA) is 48.8 Å². The molecule has 0 bridgehead atoms. The number of fused-ring (bicyclic) bond motifs is 5. The van der Waals surface area contributed by atoms with Gasteiger partial charge in [-0.2, -0.15) is 4.99 Å². The summed E-state index contributed by atoms with van der Waals surface area (Å²) in [5.41, 5.74) is 16.4. The summed E-state index contributed by atoms with van der Waals surface area (Å²) in [5.74, 6) is 2.12. The predicted octanol–water partition coefficient (Wildman–Crippen LogP) is 14.3. The smallest absolute Gasteiger partial charge is 0.226 e. The van der Waals surface area contributed by atoms with Gasteiger partial charge in [-0.1, -0.05) is 207 Å². The molecule has 0 aromatic heterocycles. The second-order valence-corrected chi connectivity index (χ2v) is 19.5. The first-order valence-electron chi connectivity index (χ1n) is 22.8. The third kappa shape index (κ3) is 6.59. The van der Waals surface area contributed by atoms with Crippen LogP contribution in [0.25, 0.3) is 27.8 Å². The molecule has 314 valence electrons. The van der Waals surface area contributed by atoms with Crippen LogP contribution in [0.4, 0.5) is 5.69 Å². The van der Waals surface area contributed by atoms with Gasteiger partial charge in [-0.05, 0) is 92.6 Å². The molecule has 0 radical (unpaired) electrons. The van der Waals surface area contributed by atoms with Gasteiger partial charge in [0.15, 0.2) is 0 Å². The lowest BCUT2D eigenvalue weighted by atomic mass is 9.66. The van der Waals surface area contributed by atoms with Crippen molar-refractivity contribution >= 4 is 34.8 Å². The fraction of sp³-hybridized carbons (Fsp3) is 0.133. The number of hydrogen-bond donors (Lipinski definition) is 2. The molecule has 2 N–H and O–H groups in total. The van der Waals surface area contributed by atoms with E-state index in [4.69, 9.17) is 9.98 Å². The van der Waals surface area contributed by atoms with Crippen LogP contribution in [0.2, 0.25) is 0 Å². The average Bonchev–Trinajstić information content (AvgIpc) is 3.84. The summed E-state index contributed by atoms with van der Waals surface area (Å²) in [7, 11) is 0. The molecule has 5 atom stereocenters. The van der Waals surface area contributed by atoms with E-state index in [-0.39, 0.29) is 10.9 Å². The number of nitrogens with one attached hydrogen (secondary N) is 2. The van der Waals surface area contributed by atoms with Gasteiger partial charge in [-0.3, -0.25) is 0 Å². The summed E-state index contributed by atoms with van der Waals surface area (Å²) >= 11 is 1.99. The summed E-state index contributed by atoms with van der Waals surface area (Å²) in [6.07, 6.45) is 14.6. The molecule has 12 rings (SSSR count). The molecule has 7 aromatic rings. The SMILES string of the molecule is CC1C=CC2=C(C1)c1ccccc1C2(c1ccccc1)c1ccc(-c2cccc(-c3cccc4c3SC3(C)C=CC=CC43)c2)c(NC2=NC(c3ccccc3)NC(c3ccccc3)=N2)c1. The highest BCUT2D eigenvalue weighted by Crippen LogP contribution is 2.60. The summed E-state index contributed by atoms with van der Waals surface area (Å²) in [6.45, 7) is 4.69. The van der Waals surface area contributed by atoms with E-state index < -0.39 is 5.41 Å². The monoisotopic (exact) mass is 856 g/mol. The highest BCUT2D eigenvalue weighted by Gasteiger charge is 2.48. The van der Waals surface area contributed by atoms with Crippen molar-refractivity contribution < 1.29 is 0 Å². The molecule has 3 aliphatic carbocycles. The van der Waals surface area contributed by atoms with E-state index in [0.717, 1.165) is 40.2 Å². The molecular formula is C60H48N4S. The van der Waals surface area contributed by atoms with Crippen molar-refractivity contribution in [1.29, 1.82) is 0 Å². The van der Waals surface area contributed by atoms with Gasteiger partial charge in [0, 0.05) is 32.4 Å². The summed E-state index contributed by atoms with van der Waals surface area (Å²) in [6, 6.07) is 63.9. The van der Waals surface area contributed by atoms with Crippen LogP contribution in [-0.4, -0.2) is 16.5 Å². The van der Waals surface area contributed by atoms with Crippen LogP contribution in [0.3, 0.4) is 0 Å². The first kappa shape index (κ1) is 39.4. The molecule has 7 aromatic carbocycles. The Balaban J connectivity index is 1.06. The Morgan fingerprint density at radius 3 is 2.18 bits per heavy atom. The minimum atomic E-state index is -0.542. The Bertz CT molecular complexity index is 3200. The fourth-order valence-electron chi connectivity index (χ4n) is 10.9. The number of thioether (sulfide) groups is 1. The number of rotatable bonds is 7. The molecule has 5 heteroatoms. The molecule has 65 heavy (non-hydrogen) atoms. The number of amidine groups is 1. The minimum absolute atomic E-state index is 0.00153. The standard InChI is InChI=1S/C60H48N4S/c1-39-31-34-53-50(36-39)48-26-12-13-30-52(48)60(53,44-24-10-5-11-25-44)45-32-33-46(42-22-16-23-43(37-42)47-27-17-28-49-51-29-14-15-35-59(51,2)65-55(47)49)54(38-45)61-58-63-56(40-18-6-3-7-19-40)62-57(64-58)41-20-8-4-9-21-41/h3-35,37-39,51,56H,36H2,1-2H3,(H2,61,62,63,64). The minimum Gasteiger partial charge on any atom is -0.344 e. The summed E-state index contributed by atoms with van der Waals surface area (Å²) < 4.78 is -0.00153. The van der Waals surface area contributed by atoms with Crippen LogP contribution in [0.15, 0.2) is 233 Å². The van der Waals surface area contributed by atoms with Crippen molar-refractivity contribution in [3.05, 3.63) is 257 Å². The lowest BCUT2D eigenvalue weighted by molar-refractivity contribution is 0.673. The van der Waals surface area contributed by atoms with Gasteiger partial charge in [0.05, 0.1) is 5.41 Å². The zero-order chi connectivity index (χ0) is 43.5. The van der Waals surface area contributed by atoms with Gasteiger partial charge in [0.1, 0.15) is 12.0 Å². The molecule has 0 spiro atoms. The second kappa shape index (κ2) is 15.8. The normalized spacial score (nSPS) is 23.4. The molecule has 0 saturated carbocycles. The second-order valence-electron chi connectivity index (χ2n) is 18.0. The summed E-state index contributed by atoms with van der Waals surface area (Å²) in [5, 5.41) is 7.53. The zero-order valence-corrected chi connectivity index (χ0v) is 37.3. The third-order valence-corrected chi connectivity index (χ3v) is 15.4. The Morgan fingerprint density at radius 2 is 1.35 bits per heavy atom. The number of aliphatic imine (C=N–C) groups is 2. The Morgan fingerprint density at radius 1 is 0.646 bits per heavy atom. The lowest BCUT2D eigenvalue weighted by Gasteiger charge is -2.36. The molecular weight excluding hydrogens is 809 g/mol. The molecule has 2 aliphatic heterocycles. The van der Waals surface area contributed by atoms with Crippen LogP contribution >= 0.6 is 11.8 Å². The molecule has 5 aliphatic rings.